The van der Waals surface area contributed by atoms with Gasteiger partial charge in [-0.15, -0.1) is 0 Å². The molecule has 156 valence electrons. The molecule has 3 rings (SSSR count). The Bertz CT molecular complexity index is 821. The monoisotopic (exact) mass is 428 g/mol. The van der Waals surface area contributed by atoms with Crippen LogP contribution in [-0.2, 0) is 38.7 Å². The summed E-state index contributed by atoms with van der Waals surface area (Å²) in [6, 6.07) is 0. The molecule has 1 saturated heterocycles. The molecule has 0 spiro atoms. The third kappa shape index (κ3) is 3.60. The molecule has 3 aliphatic rings. The van der Waals surface area contributed by atoms with Crippen molar-refractivity contribution in [3.63, 3.8) is 0 Å². The first-order valence-electron chi connectivity index (χ1n) is 8.09. The number of halogens is 3. The quantitative estimate of drug-likeness (QED) is 0.274. The largest absolute Gasteiger partial charge is 0.458 e. The molecular weight excluding hydrogens is 413 g/mol. The summed E-state index contributed by atoms with van der Waals surface area (Å²) >= 11 is 0. The zero-order valence-electron chi connectivity index (χ0n) is 14.0. The molecular formula is C15H15F3O9S. The van der Waals surface area contributed by atoms with Gasteiger partial charge in [0, 0.05) is 17.9 Å². The van der Waals surface area contributed by atoms with E-state index in [4.69, 9.17) is 14.0 Å². The van der Waals surface area contributed by atoms with Gasteiger partial charge < -0.3 is 14.2 Å². The Labute approximate surface area is 156 Å². The molecule has 0 amide bonds. The fourth-order valence-corrected chi connectivity index (χ4v) is 4.90. The smallest absolute Gasteiger partial charge is 0.426 e. The fraction of sp³-hybridized carbons (Fsp3) is 0.667. The lowest BCUT2D eigenvalue weighted by molar-refractivity contribution is -0.219. The van der Waals surface area contributed by atoms with E-state index in [-0.39, 0.29) is 6.42 Å². The SMILES string of the molecule is C=CC(=O)OC1C2CC3C1OC(=O)C3C2C(=O)OC(CS(=O)(=O)O)C(F)(F)F. The Morgan fingerprint density at radius 1 is 1.36 bits per heavy atom. The van der Waals surface area contributed by atoms with Crippen molar-refractivity contribution in [1.82, 2.24) is 0 Å². The molecule has 7 unspecified atom stereocenters. The molecule has 2 aliphatic carbocycles. The van der Waals surface area contributed by atoms with Gasteiger partial charge in [-0.25, -0.2) is 4.79 Å². The van der Waals surface area contributed by atoms with Crippen molar-refractivity contribution in [3.05, 3.63) is 12.7 Å². The summed E-state index contributed by atoms with van der Waals surface area (Å²) in [5.41, 5.74) is 0. The van der Waals surface area contributed by atoms with Gasteiger partial charge in [0.05, 0.1) is 11.8 Å². The average Bonchev–Trinajstić information content (AvgIpc) is 3.15. The van der Waals surface area contributed by atoms with Crippen LogP contribution in [0.5, 0.6) is 0 Å². The van der Waals surface area contributed by atoms with Crippen LogP contribution in [0.1, 0.15) is 6.42 Å². The summed E-state index contributed by atoms with van der Waals surface area (Å²) in [5, 5.41) is 0. The molecule has 2 bridgehead atoms. The van der Waals surface area contributed by atoms with Crippen LogP contribution in [0.25, 0.3) is 0 Å². The highest BCUT2D eigenvalue weighted by Crippen LogP contribution is 2.59. The van der Waals surface area contributed by atoms with Crippen LogP contribution in [0.2, 0.25) is 0 Å². The third-order valence-electron chi connectivity index (χ3n) is 5.22. The molecule has 28 heavy (non-hydrogen) atoms. The summed E-state index contributed by atoms with van der Waals surface area (Å²) < 4.78 is 84.0. The molecule has 13 heteroatoms. The number of esters is 3. The Morgan fingerprint density at radius 2 is 2.00 bits per heavy atom. The number of carbonyl (C=O) groups is 3. The van der Waals surface area contributed by atoms with Crippen LogP contribution in [0, 0.1) is 23.7 Å². The number of carbonyl (C=O) groups excluding carboxylic acids is 3. The predicted octanol–water partition coefficient (Wildman–Crippen LogP) is 0.254. The van der Waals surface area contributed by atoms with Crippen LogP contribution in [0.15, 0.2) is 12.7 Å². The minimum atomic E-state index is -5.27. The standard InChI is InChI=1S/C15H15F3O9S/c1-2-8(19)26-11-5-3-6-10(14(21)27-12(6)11)9(5)13(20)25-7(15(16,17)18)4-28(22,23)24/h2,5-7,9-12H,1,3-4H2,(H,22,23,24). The highest BCUT2D eigenvalue weighted by molar-refractivity contribution is 7.85. The molecule has 2 saturated carbocycles. The van der Waals surface area contributed by atoms with Crippen molar-refractivity contribution in [3.8, 4) is 0 Å². The number of rotatable bonds is 6. The molecule has 0 aromatic rings. The predicted molar refractivity (Wildman–Crippen MR) is 80.9 cm³/mol. The summed E-state index contributed by atoms with van der Waals surface area (Å²) in [6.45, 7) is 3.22. The van der Waals surface area contributed by atoms with Gasteiger partial charge in [0.15, 0.2) is 0 Å². The van der Waals surface area contributed by atoms with Crippen molar-refractivity contribution in [2.75, 3.05) is 5.75 Å². The van der Waals surface area contributed by atoms with Crippen molar-refractivity contribution in [1.29, 1.82) is 0 Å². The molecule has 1 N–H and O–H groups in total. The topological polar surface area (TPSA) is 133 Å². The highest BCUT2D eigenvalue weighted by atomic mass is 32.2. The lowest BCUT2D eigenvalue weighted by Gasteiger charge is -2.31. The fourth-order valence-electron chi connectivity index (χ4n) is 4.26. The van der Waals surface area contributed by atoms with E-state index in [1.165, 1.54) is 0 Å². The lowest BCUT2D eigenvalue weighted by atomic mass is 9.78. The van der Waals surface area contributed by atoms with E-state index in [9.17, 15) is 36.0 Å². The molecule has 0 aromatic heterocycles. The maximum Gasteiger partial charge on any atom is 0.426 e. The molecule has 3 fully saturated rings. The summed E-state index contributed by atoms with van der Waals surface area (Å²) in [4.78, 5) is 36.0. The first-order chi connectivity index (χ1) is 12.8. The lowest BCUT2D eigenvalue weighted by Crippen LogP contribution is -2.46. The molecule has 9 nitrogen and oxygen atoms in total. The second-order valence-corrected chi connectivity index (χ2v) is 8.33. The van der Waals surface area contributed by atoms with E-state index in [0.29, 0.717) is 0 Å². The van der Waals surface area contributed by atoms with Crippen molar-refractivity contribution in [2.24, 2.45) is 23.7 Å². The van der Waals surface area contributed by atoms with Crippen LogP contribution in [0.3, 0.4) is 0 Å². The second kappa shape index (κ2) is 6.72. The Balaban J connectivity index is 1.83. The van der Waals surface area contributed by atoms with Crippen molar-refractivity contribution >= 4 is 28.0 Å². The zero-order valence-corrected chi connectivity index (χ0v) is 14.8. The zero-order chi connectivity index (χ0) is 21.0. The van der Waals surface area contributed by atoms with Gasteiger partial charge in [-0.1, -0.05) is 6.58 Å². The van der Waals surface area contributed by atoms with Gasteiger partial charge in [0.2, 0.25) is 6.10 Å². The first kappa shape index (κ1) is 20.6. The van der Waals surface area contributed by atoms with Gasteiger partial charge in [-0.3, -0.25) is 14.1 Å². The first-order valence-corrected chi connectivity index (χ1v) is 9.70. The summed E-state index contributed by atoms with van der Waals surface area (Å²) in [6.07, 6.45) is -9.22. The van der Waals surface area contributed by atoms with E-state index in [1.54, 1.807) is 0 Å². The maximum atomic E-state index is 13.0. The molecule has 7 atom stereocenters. The van der Waals surface area contributed by atoms with Crippen LogP contribution >= 0.6 is 0 Å². The maximum absolute atomic E-state index is 13.0. The second-order valence-electron chi connectivity index (χ2n) is 6.84. The summed E-state index contributed by atoms with van der Waals surface area (Å²) in [7, 11) is -5.11. The van der Waals surface area contributed by atoms with Gasteiger partial charge in [0.25, 0.3) is 10.1 Å². The molecule has 1 aliphatic heterocycles. The highest BCUT2D eigenvalue weighted by Gasteiger charge is 2.70. The van der Waals surface area contributed by atoms with E-state index in [2.05, 4.69) is 11.3 Å². The van der Waals surface area contributed by atoms with E-state index < -0.39 is 81.9 Å². The number of fused-ring (bicyclic) bond motifs is 1. The van der Waals surface area contributed by atoms with Crippen LogP contribution in [0.4, 0.5) is 13.2 Å². The summed E-state index contributed by atoms with van der Waals surface area (Å²) in [5.74, 6) is -8.87. The molecule has 0 aromatic carbocycles. The number of hydrogen-bond acceptors (Lipinski definition) is 8. The Morgan fingerprint density at radius 3 is 2.54 bits per heavy atom. The van der Waals surface area contributed by atoms with Gasteiger partial charge in [-0.05, 0) is 6.42 Å². The Kier molecular flexibility index (Phi) is 4.94. The third-order valence-corrected chi connectivity index (χ3v) is 5.95. The van der Waals surface area contributed by atoms with Crippen LogP contribution in [-0.4, -0.2) is 61.1 Å². The van der Waals surface area contributed by atoms with E-state index in [0.717, 1.165) is 6.08 Å². The molecule has 1 heterocycles. The van der Waals surface area contributed by atoms with Gasteiger partial charge in [-0.2, -0.15) is 21.6 Å². The minimum Gasteiger partial charge on any atom is -0.458 e. The average molecular weight is 428 g/mol. The number of ether oxygens (including phenoxy) is 3. The number of hydrogen-bond donors (Lipinski definition) is 1. The van der Waals surface area contributed by atoms with Crippen LogP contribution < -0.4 is 0 Å². The normalized spacial score (nSPS) is 34.6. The number of alkyl halides is 3. The van der Waals surface area contributed by atoms with Crippen molar-refractivity contribution in [2.45, 2.75) is 30.9 Å². The Hall–Kier alpha value is -2.15. The van der Waals surface area contributed by atoms with Crippen molar-refractivity contribution < 1.29 is 54.7 Å². The van der Waals surface area contributed by atoms with E-state index >= 15 is 0 Å². The molecule has 0 radical (unpaired) electrons. The van der Waals surface area contributed by atoms with E-state index in [1.807, 2.05) is 0 Å². The van der Waals surface area contributed by atoms with Gasteiger partial charge in [0.1, 0.15) is 18.0 Å². The van der Waals surface area contributed by atoms with Gasteiger partial charge >= 0.3 is 24.1 Å². The minimum absolute atomic E-state index is 0.185.